The first-order valence-corrected chi connectivity index (χ1v) is 6.68. The van der Waals surface area contributed by atoms with Crippen molar-refractivity contribution in [1.29, 1.82) is 0 Å². The van der Waals surface area contributed by atoms with E-state index in [-0.39, 0.29) is 12.1 Å². The van der Waals surface area contributed by atoms with Crippen molar-refractivity contribution in [3.63, 3.8) is 0 Å². The van der Waals surface area contributed by atoms with Crippen LogP contribution in [0.5, 0.6) is 0 Å². The quantitative estimate of drug-likeness (QED) is 0.932. The van der Waals surface area contributed by atoms with Gasteiger partial charge in [-0.1, -0.05) is 6.07 Å². The number of hydrogen-bond donors (Lipinski definition) is 1. The summed E-state index contributed by atoms with van der Waals surface area (Å²) in [5.41, 5.74) is 1.03. The van der Waals surface area contributed by atoms with Crippen LogP contribution in [0.25, 0.3) is 0 Å². The summed E-state index contributed by atoms with van der Waals surface area (Å²) >= 11 is 3.30. The molecule has 0 amide bonds. The second-order valence-electron chi connectivity index (χ2n) is 4.48. The number of halogens is 1. The van der Waals surface area contributed by atoms with Gasteiger partial charge in [-0.2, -0.15) is 0 Å². The maximum absolute atomic E-state index is 11.4. The van der Waals surface area contributed by atoms with Crippen LogP contribution < -0.4 is 4.90 Å². The van der Waals surface area contributed by atoms with Crippen LogP contribution in [0.3, 0.4) is 0 Å². The van der Waals surface area contributed by atoms with E-state index in [0.717, 1.165) is 18.7 Å². The zero-order chi connectivity index (χ0) is 13.3. The fourth-order valence-corrected chi connectivity index (χ4v) is 2.95. The lowest BCUT2D eigenvalue weighted by molar-refractivity contribution is 0.0696. The van der Waals surface area contributed by atoms with Crippen LogP contribution in [0.1, 0.15) is 23.7 Å². The zero-order valence-electron chi connectivity index (χ0n) is 10.4. The lowest BCUT2D eigenvalue weighted by Gasteiger charge is -2.30. The van der Waals surface area contributed by atoms with Gasteiger partial charge in [0, 0.05) is 18.1 Å². The SMILES string of the molecule is CC1OCCC1N(C)c1cccc(Br)c1C(=O)O. The van der Waals surface area contributed by atoms with Crippen molar-refractivity contribution in [2.45, 2.75) is 25.5 Å². The molecule has 1 saturated heterocycles. The Morgan fingerprint density at radius 2 is 2.28 bits per heavy atom. The normalized spacial score (nSPS) is 23.1. The van der Waals surface area contributed by atoms with E-state index >= 15 is 0 Å². The van der Waals surface area contributed by atoms with E-state index in [4.69, 9.17) is 4.74 Å². The van der Waals surface area contributed by atoms with Crippen molar-refractivity contribution in [3.8, 4) is 0 Å². The minimum absolute atomic E-state index is 0.121. The van der Waals surface area contributed by atoms with Gasteiger partial charge in [-0.05, 0) is 41.4 Å². The van der Waals surface area contributed by atoms with E-state index < -0.39 is 5.97 Å². The highest BCUT2D eigenvalue weighted by Crippen LogP contribution is 2.31. The second kappa shape index (κ2) is 5.28. The summed E-state index contributed by atoms with van der Waals surface area (Å²) in [4.78, 5) is 13.4. The molecule has 2 unspecified atom stereocenters. The predicted molar refractivity (Wildman–Crippen MR) is 73.3 cm³/mol. The lowest BCUT2D eigenvalue weighted by atomic mass is 10.1. The monoisotopic (exact) mass is 313 g/mol. The number of carbonyl (C=O) groups is 1. The van der Waals surface area contributed by atoms with E-state index in [1.807, 2.05) is 31.0 Å². The van der Waals surface area contributed by atoms with Gasteiger partial charge in [0.15, 0.2) is 0 Å². The second-order valence-corrected chi connectivity index (χ2v) is 5.34. The number of anilines is 1. The first kappa shape index (κ1) is 13.4. The third-order valence-electron chi connectivity index (χ3n) is 3.42. The van der Waals surface area contributed by atoms with Crippen molar-refractivity contribution in [2.24, 2.45) is 0 Å². The Balaban J connectivity index is 2.38. The molecule has 0 aromatic heterocycles. The van der Waals surface area contributed by atoms with Gasteiger partial charge in [0.05, 0.1) is 23.4 Å². The number of ether oxygens (including phenoxy) is 1. The average molecular weight is 314 g/mol. The molecule has 5 heteroatoms. The number of hydrogen-bond acceptors (Lipinski definition) is 3. The number of carboxylic acids is 1. The van der Waals surface area contributed by atoms with Gasteiger partial charge in [-0.25, -0.2) is 4.79 Å². The van der Waals surface area contributed by atoms with E-state index in [0.29, 0.717) is 10.0 Å². The van der Waals surface area contributed by atoms with Gasteiger partial charge in [-0.15, -0.1) is 0 Å². The first-order chi connectivity index (χ1) is 8.52. The highest BCUT2D eigenvalue weighted by atomic mass is 79.9. The van der Waals surface area contributed by atoms with Crippen LogP contribution in [-0.4, -0.2) is 36.9 Å². The summed E-state index contributed by atoms with van der Waals surface area (Å²) in [6.07, 6.45) is 1.04. The van der Waals surface area contributed by atoms with E-state index in [2.05, 4.69) is 15.9 Å². The maximum Gasteiger partial charge on any atom is 0.338 e. The molecule has 2 rings (SSSR count). The van der Waals surface area contributed by atoms with Crippen molar-refractivity contribution in [1.82, 2.24) is 0 Å². The molecule has 0 bridgehead atoms. The molecule has 0 saturated carbocycles. The van der Waals surface area contributed by atoms with Gasteiger partial charge in [0.2, 0.25) is 0 Å². The van der Waals surface area contributed by atoms with Crippen LogP contribution in [0.4, 0.5) is 5.69 Å². The highest BCUT2D eigenvalue weighted by molar-refractivity contribution is 9.10. The Morgan fingerprint density at radius 3 is 2.83 bits per heavy atom. The molecule has 98 valence electrons. The number of rotatable bonds is 3. The molecule has 2 atom stereocenters. The predicted octanol–water partition coefficient (Wildman–Crippen LogP) is 2.76. The molecule has 0 aliphatic carbocycles. The minimum Gasteiger partial charge on any atom is -0.478 e. The van der Waals surface area contributed by atoms with E-state index in [9.17, 15) is 9.90 Å². The fourth-order valence-electron chi connectivity index (χ4n) is 2.43. The number of carboxylic acid groups (broad SMARTS) is 1. The van der Waals surface area contributed by atoms with Crippen LogP contribution in [0.15, 0.2) is 22.7 Å². The largest absolute Gasteiger partial charge is 0.478 e. The first-order valence-electron chi connectivity index (χ1n) is 5.88. The molecule has 1 N–H and O–H groups in total. The van der Waals surface area contributed by atoms with Crippen LogP contribution in [0, 0.1) is 0 Å². The number of benzene rings is 1. The van der Waals surface area contributed by atoms with E-state index in [1.165, 1.54) is 0 Å². The summed E-state index contributed by atoms with van der Waals surface area (Å²) in [6, 6.07) is 5.65. The van der Waals surface area contributed by atoms with Crippen LogP contribution >= 0.6 is 15.9 Å². The molecule has 0 radical (unpaired) electrons. The molecular weight excluding hydrogens is 298 g/mol. The van der Waals surface area contributed by atoms with Crippen molar-refractivity contribution >= 4 is 27.6 Å². The molecule has 1 aliphatic heterocycles. The van der Waals surface area contributed by atoms with Crippen molar-refractivity contribution in [3.05, 3.63) is 28.2 Å². The summed E-state index contributed by atoms with van der Waals surface area (Å²) in [5, 5.41) is 9.32. The Kier molecular flexibility index (Phi) is 3.92. The van der Waals surface area contributed by atoms with Gasteiger partial charge in [-0.3, -0.25) is 0 Å². The summed E-state index contributed by atoms with van der Waals surface area (Å²) in [5.74, 6) is -0.920. The minimum atomic E-state index is -0.920. The van der Waals surface area contributed by atoms with Crippen molar-refractivity contribution in [2.75, 3.05) is 18.6 Å². The molecule has 0 spiro atoms. The zero-order valence-corrected chi connectivity index (χ0v) is 12.0. The van der Waals surface area contributed by atoms with Gasteiger partial charge < -0.3 is 14.7 Å². The van der Waals surface area contributed by atoms with Gasteiger partial charge in [0.25, 0.3) is 0 Å². The standard InChI is InChI=1S/C13H16BrNO3/c1-8-10(6-7-18-8)15(2)11-5-3-4-9(14)12(11)13(16)17/h3-5,8,10H,6-7H2,1-2H3,(H,16,17). The smallest absolute Gasteiger partial charge is 0.338 e. The maximum atomic E-state index is 11.4. The fraction of sp³-hybridized carbons (Fsp3) is 0.462. The molecule has 1 heterocycles. The Hall–Kier alpha value is -1.07. The Bertz CT molecular complexity index is 464. The topological polar surface area (TPSA) is 49.8 Å². The Morgan fingerprint density at radius 1 is 1.56 bits per heavy atom. The molecule has 4 nitrogen and oxygen atoms in total. The summed E-state index contributed by atoms with van der Waals surface area (Å²) in [6.45, 7) is 2.75. The summed E-state index contributed by atoms with van der Waals surface area (Å²) in [7, 11) is 1.92. The van der Waals surface area contributed by atoms with Crippen molar-refractivity contribution < 1.29 is 14.6 Å². The van der Waals surface area contributed by atoms with Gasteiger partial charge >= 0.3 is 5.97 Å². The molecule has 1 aliphatic rings. The van der Waals surface area contributed by atoms with Crippen LogP contribution in [-0.2, 0) is 4.74 Å². The number of nitrogens with zero attached hydrogens (tertiary/aromatic N) is 1. The van der Waals surface area contributed by atoms with E-state index in [1.54, 1.807) is 6.07 Å². The molecule has 1 aromatic rings. The number of likely N-dealkylation sites (N-methyl/N-ethyl adjacent to an activating group) is 1. The highest BCUT2D eigenvalue weighted by Gasteiger charge is 2.30. The third kappa shape index (κ3) is 2.37. The Labute approximate surface area is 115 Å². The summed E-state index contributed by atoms with van der Waals surface area (Å²) < 4.78 is 6.14. The van der Waals surface area contributed by atoms with Gasteiger partial charge in [0.1, 0.15) is 0 Å². The molecule has 18 heavy (non-hydrogen) atoms. The lowest BCUT2D eigenvalue weighted by Crippen LogP contribution is -2.37. The molecular formula is C13H16BrNO3. The third-order valence-corrected chi connectivity index (χ3v) is 4.08. The molecule has 1 fully saturated rings. The molecule has 1 aromatic carbocycles. The van der Waals surface area contributed by atoms with Crippen LogP contribution in [0.2, 0.25) is 0 Å². The average Bonchev–Trinajstić information content (AvgIpc) is 2.73. The number of aromatic carboxylic acids is 1.